The van der Waals surface area contributed by atoms with Gasteiger partial charge in [0.25, 0.3) is 5.91 Å². The predicted molar refractivity (Wildman–Crippen MR) is 161 cm³/mol. The molecular formula is C31H29ClF3N5O3S. The van der Waals surface area contributed by atoms with E-state index < -0.39 is 23.4 Å². The van der Waals surface area contributed by atoms with Crippen LogP contribution in [0.5, 0.6) is 5.75 Å². The van der Waals surface area contributed by atoms with Gasteiger partial charge in [0.1, 0.15) is 11.8 Å². The molecular weight excluding hydrogens is 615 g/mol. The maximum Gasteiger partial charge on any atom is 0.446 e. The molecule has 2 unspecified atom stereocenters. The lowest BCUT2D eigenvalue weighted by atomic mass is 9.94. The number of imidazole rings is 1. The molecule has 0 spiro atoms. The van der Waals surface area contributed by atoms with Crippen LogP contribution in [0, 0.1) is 0 Å². The molecule has 1 aromatic heterocycles. The number of primary amides is 1. The summed E-state index contributed by atoms with van der Waals surface area (Å²) in [6.07, 6.45) is 4.52. The van der Waals surface area contributed by atoms with Crippen LogP contribution in [-0.4, -0.2) is 39.9 Å². The largest absolute Gasteiger partial charge is 0.492 e. The van der Waals surface area contributed by atoms with E-state index in [1.165, 1.54) is 12.1 Å². The minimum Gasteiger partial charge on any atom is -0.492 e. The average molecular weight is 644 g/mol. The van der Waals surface area contributed by atoms with Gasteiger partial charge in [-0.2, -0.15) is 13.2 Å². The van der Waals surface area contributed by atoms with Crippen LogP contribution in [0.25, 0.3) is 0 Å². The highest BCUT2D eigenvalue weighted by Gasteiger charge is 2.31. The predicted octanol–water partition coefficient (Wildman–Crippen LogP) is 5.90. The Bertz CT molecular complexity index is 1580. The lowest BCUT2D eigenvalue weighted by Gasteiger charge is -2.31. The van der Waals surface area contributed by atoms with Crippen molar-refractivity contribution in [3.05, 3.63) is 112 Å². The normalized spacial score (nSPS) is 16.0. The zero-order valence-electron chi connectivity index (χ0n) is 23.2. The molecule has 0 bridgehead atoms. The fraction of sp³-hybridized carbons (Fsp3) is 0.258. The van der Waals surface area contributed by atoms with Crippen molar-refractivity contribution in [2.45, 2.75) is 47.8 Å². The van der Waals surface area contributed by atoms with Gasteiger partial charge >= 0.3 is 5.51 Å². The van der Waals surface area contributed by atoms with Gasteiger partial charge in [-0.25, -0.2) is 4.98 Å². The molecule has 2 heterocycles. The fourth-order valence-corrected chi connectivity index (χ4v) is 5.78. The number of carbonyl (C=O) groups excluding carboxylic acids is 2. The molecule has 4 aromatic rings. The van der Waals surface area contributed by atoms with Gasteiger partial charge in [-0.1, -0.05) is 48.0 Å². The minimum absolute atomic E-state index is 0.114. The number of thioether (sulfide) groups is 1. The van der Waals surface area contributed by atoms with Gasteiger partial charge in [0.15, 0.2) is 0 Å². The van der Waals surface area contributed by atoms with Crippen LogP contribution in [0.2, 0.25) is 5.02 Å². The van der Waals surface area contributed by atoms with Gasteiger partial charge in [0.05, 0.1) is 30.2 Å². The zero-order valence-corrected chi connectivity index (χ0v) is 24.8. The number of aromatic amines is 1. The second-order valence-corrected chi connectivity index (χ2v) is 11.9. The first-order chi connectivity index (χ1) is 21.1. The van der Waals surface area contributed by atoms with Gasteiger partial charge in [-0.15, -0.1) is 0 Å². The maximum absolute atomic E-state index is 13.4. The molecule has 44 heavy (non-hydrogen) atoms. The number of nitrogens with two attached hydrogens (primary N) is 1. The highest BCUT2D eigenvalue weighted by molar-refractivity contribution is 8.00. The average Bonchev–Trinajstić information content (AvgIpc) is 3.53. The van der Waals surface area contributed by atoms with Crippen LogP contribution in [0.15, 0.2) is 84.1 Å². The third-order valence-electron chi connectivity index (χ3n) is 7.21. The second kappa shape index (κ2) is 13.7. The molecule has 3 aromatic carbocycles. The van der Waals surface area contributed by atoms with Crippen molar-refractivity contribution in [2.24, 2.45) is 5.73 Å². The Morgan fingerprint density at radius 2 is 1.77 bits per heavy atom. The van der Waals surface area contributed by atoms with Gasteiger partial charge in [-0.05, 0) is 59.6 Å². The van der Waals surface area contributed by atoms with Crippen molar-refractivity contribution in [1.82, 2.24) is 20.6 Å². The summed E-state index contributed by atoms with van der Waals surface area (Å²) in [5.41, 5.74) is 4.72. The van der Waals surface area contributed by atoms with Crippen LogP contribution in [0.3, 0.4) is 0 Å². The zero-order chi connectivity index (χ0) is 31.3. The van der Waals surface area contributed by atoms with Crippen molar-refractivity contribution < 1.29 is 27.5 Å². The van der Waals surface area contributed by atoms with E-state index in [0.717, 1.165) is 22.4 Å². The van der Waals surface area contributed by atoms with E-state index in [0.29, 0.717) is 30.2 Å². The number of ether oxygens (including phenoxy) is 1. The number of para-hydroxylation sites is 1. The third kappa shape index (κ3) is 8.13. The topological polar surface area (TPSA) is 122 Å². The van der Waals surface area contributed by atoms with E-state index in [1.54, 1.807) is 61.1 Å². The molecule has 5 rings (SSSR count). The van der Waals surface area contributed by atoms with Crippen LogP contribution in [0.4, 0.5) is 13.2 Å². The van der Waals surface area contributed by atoms with Gasteiger partial charge in [0.2, 0.25) is 5.91 Å². The number of H-pyrrole nitrogens is 1. The summed E-state index contributed by atoms with van der Waals surface area (Å²) >= 11 is 5.81. The molecule has 1 aliphatic heterocycles. The van der Waals surface area contributed by atoms with Crippen LogP contribution in [-0.2, 0) is 17.6 Å². The standard InChI is InChI=1S/C31H29ClF3N5O3S/c32-20-8-4-18(5-9-20)15-26(29(36)41)40-30(42)23-3-1-2-22-24(12-13-43-28(22)23)39-25(27-16-37-17-38-27)14-19-6-10-21(11-7-19)44-31(33,34)35/h1-11,16-17,24-26,39H,12-15H2,(H2,36,41)(H,37,38)(H,40,42)/t24?,25?,26-/m0/s1. The molecule has 0 saturated carbocycles. The van der Waals surface area contributed by atoms with Crippen molar-refractivity contribution in [2.75, 3.05) is 6.61 Å². The lowest BCUT2D eigenvalue weighted by molar-refractivity contribution is -0.119. The second-order valence-electron chi connectivity index (χ2n) is 10.3. The summed E-state index contributed by atoms with van der Waals surface area (Å²) in [6.45, 7) is 0.331. The maximum atomic E-state index is 13.4. The van der Waals surface area contributed by atoms with Gasteiger partial charge in [-0.3, -0.25) is 9.59 Å². The summed E-state index contributed by atoms with van der Waals surface area (Å²) in [7, 11) is 0. The number of amides is 2. The van der Waals surface area contributed by atoms with Crippen LogP contribution >= 0.6 is 23.4 Å². The Hall–Kier alpha value is -4.00. The Labute approximate surface area is 260 Å². The van der Waals surface area contributed by atoms with Crippen molar-refractivity contribution in [3.8, 4) is 5.75 Å². The first-order valence-electron chi connectivity index (χ1n) is 13.7. The van der Waals surface area contributed by atoms with E-state index in [1.807, 2.05) is 6.07 Å². The number of hydrogen-bond acceptors (Lipinski definition) is 6. The Morgan fingerprint density at radius 1 is 1.07 bits per heavy atom. The molecule has 8 nitrogen and oxygen atoms in total. The number of aromatic nitrogens is 2. The number of rotatable bonds is 11. The summed E-state index contributed by atoms with van der Waals surface area (Å²) in [5.74, 6) is -0.770. The Morgan fingerprint density at radius 3 is 2.43 bits per heavy atom. The van der Waals surface area contributed by atoms with E-state index in [2.05, 4.69) is 20.6 Å². The minimum atomic E-state index is -4.36. The highest BCUT2D eigenvalue weighted by Crippen LogP contribution is 2.38. The third-order valence-corrected chi connectivity index (χ3v) is 8.21. The Kier molecular flexibility index (Phi) is 9.82. The molecule has 0 saturated heterocycles. The van der Waals surface area contributed by atoms with E-state index in [4.69, 9.17) is 22.1 Å². The summed E-state index contributed by atoms with van der Waals surface area (Å²) in [5, 5.41) is 6.92. The Balaban J connectivity index is 1.33. The summed E-state index contributed by atoms with van der Waals surface area (Å²) in [6, 6.07) is 17.0. The number of fused-ring (bicyclic) bond motifs is 1. The fourth-order valence-electron chi connectivity index (χ4n) is 5.11. The molecule has 2 amide bonds. The SMILES string of the molecule is NC(=O)[C@H](Cc1ccc(Cl)cc1)NC(=O)c1cccc2c1OCCC2NC(Cc1ccc(SC(F)(F)F)cc1)c1cnc[nH]1. The number of halogens is 4. The van der Waals surface area contributed by atoms with Gasteiger partial charge in [0, 0.05) is 40.6 Å². The summed E-state index contributed by atoms with van der Waals surface area (Å²) in [4.78, 5) is 33.0. The highest BCUT2D eigenvalue weighted by atomic mass is 35.5. The number of alkyl halides is 3. The van der Waals surface area contributed by atoms with E-state index in [-0.39, 0.29) is 40.7 Å². The van der Waals surface area contributed by atoms with E-state index >= 15 is 0 Å². The molecule has 0 aliphatic carbocycles. The molecule has 0 fully saturated rings. The molecule has 230 valence electrons. The van der Waals surface area contributed by atoms with Crippen molar-refractivity contribution in [1.29, 1.82) is 0 Å². The van der Waals surface area contributed by atoms with Crippen LogP contribution < -0.4 is 21.1 Å². The molecule has 1 aliphatic rings. The number of hydrogen-bond donors (Lipinski definition) is 4. The number of benzene rings is 3. The monoisotopic (exact) mass is 643 g/mol. The van der Waals surface area contributed by atoms with Crippen LogP contribution in [0.1, 0.15) is 51.2 Å². The van der Waals surface area contributed by atoms with Crippen molar-refractivity contribution >= 4 is 35.2 Å². The first-order valence-corrected chi connectivity index (χ1v) is 14.9. The lowest BCUT2D eigenvalue weighted by Crippen LogP contribution is -2.46. The molecule has 5 N–H and O–H groups in total. The number of carbonyl (C=O) groups is 2. The van der Waals surface area contributed by atoms with Crippen molar-refractivity contribution in [3.63, 3.8) is 0 Å². The number of nitrogens with one attached hydrogen (secondary N) is 3. The molecule has 0 radical (unpaired) electrons. The molecule has 3 atom stereocenters. The smallest absolute Gasteiger partial charge is 0.446 e. The molecule has 13 heteroatoms. The van der Waals surface area contributed by atoms with Gasteiger partial charge < -0.3 is 26.1 Å². The van der Waals surface area contributed by atoms with E-state index in [9.17, 15) is 22.8 Å². The summed E-state index contributed by atoms with van der Waals surface area (Å²) < 4.78 is 44.3. The quantitative estimate of drug-likeness (QED) is 0.151. The first kappa shape index (κ1) is 31.4. The number of nitrogens with zero attached hydrogens (tertiary/aromatic N) is 1.